The lowest BCUT2D eigenvalue weighted by Crippen LogP contribution is -2.29. The van der Waals surface area contributed by atoms with Crippen LogP contribution >= 0.6 is 0 Å². The molecule has 0 bridgehead atoms. The van der Waals surface area contributed by atoms with Crippen LogP contribution in [0.25, 0.3) is 10.9 Å². The fourth-order valence-electron chi connectivity index (χ4n) is 3.51. The van der Waals surface area contributed by atoms with Gasteiger partial charge >= 0.3 is 6.03 Å². The molecule has 0 fully saturated rings. The summed E-state index contributed by atoms with van der Waals surface area (Å²) in [6, 6.07) is 7.27. The Kier molecular flexibility index (Phi) is 10.8. The molecule has 0 atom stereocenters. The summed E-state index contributed by atoms with van der Waals surface area (Å²) < 4.78 is 0. The molecule has 30 heavy (non-hydrogen) atoms. The molecular weight excluding hydrogens is 376 g/mol. The summed E-state index contributed by atoms with van der Waals surface area (Å²) in [5.74, 6) is -0.110. The number of carbonyl (C=O) groups is 2. The molecule has 1 heterocycles. The molecule has 0 spiro atoms. The molecule has 2 aromatic rings. The highest BCUT2D eigenvalue weighted by molar-refractivity contribution is 6.04. The number of H-pyrrole nitrogens is 1. The van der Waals surface area contributed by atoms with E-state index in [0.29, 0.717) is 24.5 Å². The zero-order valence-electron chi connectivity index (χ0n) is 18.6. The molecule has 2 rings (SSSR count). The Hall–Kier alpha value is -2.50. The molecular formula is C24H38N4O2. The van der Waals surface area contributed by atoms with Gasteiger partial charge in [0.1, 0.15) is 5.69 Å². The molecule has 4 N–H and O–H groups in total. The number of para-hydroxylation sites is 1. The summed E-state index contributed by atoms with van der Waals surface area (Å²) in [7, 11) is 0. The van der Waals surface area contributed by atoms with E-state index in [4.69, 9.17) is 0 Å². The van der Waals surface area contributed by atoms with Gasteiger partial charge in [0.15, 0.2) is 0 Å². The fourth-order valence-corrected chi connectivity index (χ4v) is 3.51. The van der Waals surface area contributed by atoms with Gasteiger partial charge in [-0.15, -0.1) is 0 Å². The van der Waals surface area contributed by atoms with Crippen molar-refractivity contribution >= 4 is 28.5 Å². The number of benzene rings is 1. The van der Waals surface area contributed by atoms with Crippen molar-refractivity contribution in [1.82, 2.24) is 15.6 Å². The third-order valence-electron chi connectivity index (χ3n) is 5.28. The molecule has 1 aromatic carbocycles. The van der Waals surface area contributed by atoms with Crippen molar-refractivity contribution in [3.05, 3.63) is 30.0 Å². The average molecular weight is 415 g/mol. The number of unbranched alkanes of at least 4 members (excludes halogenated alkanes) is 8. The van der Waals surface area contributed by atoms with E-state index in [-0.39, 0.29) is 11.9 Å². The number of rotatable bonds is 14. The summed E-state index contributed by atoms with van der Waals surface area (Å²) in [4.78, 5) is 27.8. The van der Waals surface area contributed by atoms with Crippen molar-refractivity contribution < 1.29 is 9.59 Å². The first kappa shape index (κ1) is 23.8. The first-order chi connectivity index (χ1) is 14.7. The van der Waals surface area contributed by atoms with Crippen molar-refractivity contribution in [1.29, 1.82) is 0 Å². The maximum absolute atomic E-state index is 12.4. The van der Waals surface area contributed by atoms with Crippen LogP contribution in [-0.2, 0) is 0 Å². The lowest BCUT2D eigenvalue weighted by atomic mass is 10.1. The molecule has 6 nitrogen and oxygen atoms in total. The quantitative estimate of drug-likeness (QED) is 0.287. The Bertz CT molecular complexity index is 785. The monoisotopic (exact) mass is 414 g/mol. The van der Waals surface area contributed by atoms with Crippen LogP contribution in [0.4, 0.5) is 10.5 Å². The van der Waals surface area contributed by atoms with Crippen LogP contribution in [0.15, 0.2) is 24.3 Å². The van der Waals surface area contributed by atoms with E-state index >= 15 is 0 Å². The Balaban J connectivity index is 1.83. The van der Waals surface area contributed by atoms with Crippen LogP contribution in [0.5, 0.6) is 0 Å². The number of nitrogens with one attached hydrogen (secondary N) is 4. The van der Waals surface area contributed by atoms with Crippen molar-refractivity contribution in [2.75, 3.05) is 18.4 Å². The van der Waals surface area contributed by atoms with Gasteiger partial charge in [0, 0.05) is 18.5 Å². The highest BCUT2D eigenvalue weighted by Crippen LogP contribution is 2.23. The number of fused-ring (bicyclic) bond motifs is 1. The van der Waals surface area contributed by atoms with E-state index in [2.05, 4.69) is 34.8 Å². The van der Waals surface area contributed by atoms with E-state index in [1.165, 1.54) is 38.5 Å². The van der Waals surface area contributed by atoms with Gasteiger partial charge in [-0.25, -0.2) is 4.79 Å². The maximum Gasteiger partial charge on any atom is 0.319 e. The van der Waals surface area contributed by atoms with Crippen LogP contribution in [0.1, 0.15) is 88.5 Å². The average Bonchev–Trinajstić information content (AvgIpc) is 3.18. The minimum Gasteiger partial charge on any atom is -0.351 e. The molecule has 3 amide bonds. The maximum atomic E-state index is 12.4. The van der Waals surface area contributed by atoms with E-state index < -0.39 is 0 Å². The highest BCUT2D eigenvalue weighted by atomic mass is 16.2. The van der Waals surface area contributed by atoms with Crippen molar-refractivity contribution in [3.63, 3.8) is 0 Å². The van der Waals surface area contributed by atoms with Gasteiger partial charge in [-0.3, -0.25) is 4.79 Å². The summed E-state index contributed by atoms with van der Waals surface area (Å²) >= 11 is 0. The van der Waals surface area contributed by atoms with Crippen LogP contribution in [-0.4, -0.2) is 30.0 Å². The number of aromatic nitrogens is 1. The molecule has 0 aliphatic carbocycles. The van der Waals surface area contributed by atoms with Gasteiger partial charge in [-0.2, -0.15) is 0 Å². The first-order valence-electron chi connectivity index (χ1n) is 11.6. The highest BCUT2D eigenvalue weighted by Gasteiger charge is 2.12. The zero-order chi connectivity index (χ0) is 21.6. The molecule has 0 saturated carbocycles. The molecule has 0 aliphatic rings. The van der Waals surface area contributed by atoms with Crippen molar-refractivity contribution in [2.45, 2.75) is 78.1 Å². The summed E-state index contributed by atoms with van der Waals surface area (Å²) in [5, 5.41) is 9.68. The predicted molar refractivity (Wildman–Crippen MR) is 125 cm³/mol. The standard InChI is InChI=1S/C24H38N4O2/c1-3-5-7-9-10-12-17-26-24(30)28-20-15-13-14-19-18-21(27-22(19)20)23(29)25-16-11-8-6-4-2/h13-15,18,27H,3-12,16-17H2,1-2H3,(H,25,29)(H2,26,28,30). The predicted octanol–water partition coefficient (Wildman–Crippen LogP) is 5.96. The topological polar surface area (TPSA) is 86.0 Å². The molecule has 6 heteroatoms. The van der Waals surface area contributed by atoms with Gasteiger partial charge in [-0.05, 0) is 25.0 Å². The molecule has 0 saturated heterocycles. The number of anilines is 1. The summed E-state index contributed by atoms with van der Waals surface area (Å²) in [5.41, 5.74) is 1.96. The number of hydrogen-bond acceptors (Lipinski definition) is 2. The van der Waals surface area contributed by atoms with Gasteiger partial charge < -0.3 is 20.9 Å². The van der Waals surface area contributed by atoms with Gasteiger partial charge in [0.05, 0.1) is 11.2 Å². The van der Waals surface area contributed by atoms with Crippen LogP contribution in [0.3, 0.4) is 0 Å². The van der Waals surface area contributed by atoms with Crippen molar-refractivity contribution in [3.8, 4) is 0 Å². The Labute approximate surface area is 180 Å². The zero-order valence-corrected chi connectivity index (χ0v) is 18.6. The summed E-state index contributed by atoms with van der Waals surface area (Å²) in [6.45, 7) is 5.73. The number of hydrogen-bond donors (Lipinski definition) is 4. The van der Waals surface area contributed by atoms with E-state index in [9.17, 15) is 9.59 Å². The van der Waals surface area contributed by atoms with E-state index in [1.54, 1.807) is 0 Å². The minimum atomic E-state index is -0.215. The SMILES string of the molecule is CCCCCCCCNC(=O)Nc1cccc2cc(C(=O)NCCCCCC)[nH]c12. The third-order valence-corrected chi connectivity index (χ3v) is 5.28. The Morgan fingerprint density at radius 3 is 2.20 bits per heavy atom. The first-order valence-corrected chi connectivity index (χ1v) is 11.6. The third kappa shape index (κ3) is 8.09. The second-order valence-corrected chi connectivity index (χ2v) is 7.92. The molecule has 0 aliphatic heterocycles. The normalized spacial score (nSPS) is 10.9. The van der Waals surface area contributed by atoms with E-state index in [0.717, 1.165) is 36.6 Å². The number of amides is 3. The minimum absolute atomic E-state index is 0.110. The fraction of sp³-hybridized carbons (Fsp3) is 0.583. The number of aromatic amines is 1. The lowest BCUT2D eigenvalue weighted by molar-refractivity contribution is 0.0949. The molecule has 0 radical (unpaired) electrons. The number of urea groups is 1. The molecule has 166 valence electrons. The summed E-state index contributed by atoms with van der Waals surface area (Å²) in [6.07, 6.45) is 11.7. The largest absolute Gasteiger partial charge is 0.351 e. The smallest absolute Gasteiger partial charge is 0.319 e. The number of carbonyl (C=O) groups excluding carboxylic acids is 2. The lowest BCUT2D eigenvalue weighted by Gasteiger charge is -2.08. The van der Waals surface area contributed by atoms with E-state index in [1.807, 2.05) is 24.3 Å². The van der Waals surface area contributed by atoms with Gasteiger partial charge in [0.2, 0.25) is 0 Å². The molecule has 0 unspecified atom stereocenters. The Morgan fingerprint density at radius 2 is 1.47 bits per heavy atom. The second-order valence-electron chi connectivity index (χ2n) is 7.92. The second kappa shape index (κ2) is 13.7. The van der Waals surface area contributed by atoms with Crippen molar-refractivity contribution in [2.24, 2.45) is 0 Å². The van der Waals surface area contributed by atoms with Gasteiger partial charge in [0.25, 0.3) is 5.91 Å². The molecule has 1 aromatic heterocycles. The van der Waals surface area contributed by atoms with Crippen LogP contribution in [0, 0.1) is 0 Å². The van der Waals surface area contributed by atoms with Crippen LogP contribution < -0.4 is 16.0 Å². The van der Waals surface area contributed by atoms with Crippen LogP contribution in [0.2, 0.25) is 0 Å². The Morgan fingerprint density at radius 1 is 0.833 bits per heavy atom. The van der Waals surface area contributed by atoms with Gasteiger partial charge in [-0.1, -0.05) is 77.3 Å².